The molecule has 7 nitrogen and oxygen atoms in total. The van der Waals surface area contributed by atoms with Gasteiger partial charge in [-0.1, -0.05) is 24.3 Å². The van der Waals surface area contributed by atoms with Crippen molar-refractivity contribution in [3.8, 4) is 11.6 Å². The number of aromatic nitrogens is 5. The summed E-state index contributed by atoms with van der Waals surface area (Å²) in [6.45, 7) is 1.62. The van der Waals surface area contributed by atoms with Gasteiger partial charge in [0.1, 0.15) is 30.0 Å². The van der Waals surface area contributed by atoms with E-state index in [-0.39, 0.29) is 6.04 Å². The van der Waals surface area contributed by atoms with Crippen LogP contribution in [0.3, 0.4) is 0 Å². The molecule has 0 saturated carbocycles. The minimum absolute atomic E-state index is 0.0255. The number of benzene rings is 2. The standard InChI is InChI=1S/C26H22N6O/c1-2-4-21-19(3-1)20-7-10-32(24-14-23(28-15-29-24)31-11-9-27-16-31)26(25(20)30-21)18-5-6-22-17(13-18)8-12-33-22/h1-6,9,11,13-16,26,30H,7-8,10,12H2. The van der Waals surface area contributed by atoms with Crippen molar-refractivity contribution in [2.24, 2.45) is 0 Å². The highest BCUT2D eigenvalue weighted by Crippen LogP contribution is 2.41. The van der Waals surface area contributed by atoms with Crippen molar-refractivity contribution < 1.29 is 4.74 Å². The number of aromatic amines is 1. The highest BCUT2D eigenvalue weighted by Gasteiger charge is 2.33. The number of H-pyrrole nitrogens is 1. The minimum Gasteiger partial charge on any atom is -0.493 e. The van der Waals surface area contributed by atoms with E-state index in [0.29, 0.717) is 0 Å². The van der Waals surface area contributed by atoms with Crippen LogP contribution >= 0.6 is 0 Å². The molecule has 162 valence electrons. The Morgan fingerprint density at radius 1 is 1.00 bits per heavy atom. The second-order valence-electron chi connectivity index (χ2n) is 8.58. The second-order valence-corrected chi connectivity index (χ2v) is 8.58. The van der Waals surface area contributed by atoms with E-state index in [9.17, 15) is 0 Å². The van der Waals surface area contributed by atoms with Gasteiger partial charge in [-0.05, 0) is 41.3 Å². The molecule has 7 heteroatoms. The largest absolute Gasteiger partial charge is 0.493 e. The van der Waals surface area contributed by atoms with Gasteiger partial charge in [-0.3, -0.25) is 4.57 Å². The number of nitrogens with one attached hydrogen (secondary N) is 1. The van der Waals surface area contributed by atoms with Gasteiger partial charge in [0, 0.05) is 48.0 Å². The van der Waals surface area contributed by atoms with Crippen molar-refractivity contribution in [3.63, 3.8) is 0 Å². The lowest BCUT2D eigenvalue weighted by Crippen LogP contribution is -2.37. The van der Waals surface area contributed by atoms with Crippen LogP contribution in [0.5, 0.6) is 5.75 Å². The highest BCUT2D eigenvalue weighted by atomic mass is 16.5. The van der Waals surface area contributed by atoms with Crippen LogP contribution < -0.4 is 9.64 Å². The van der Waals surface area contributed by atoms with E-state index in [1.165, 1.54) is 33.3 Å². The smallest absolute Gasteiger partial charge is 0.143 e. The first-order chi connectivity index (χ1) is 16.3. The molecule has 1 unspecified atom stereocenters. The zero-order valence-electron chi connectivity index (χ0n) is 18.0. The number of ether oxygens (including phenoxy) is 1. The van der Waals surface area contributed by atoms with Gasteiger partial charge >= 0.3 is 0 Å². The van der Waals surface area contributed by atoms with Crippen LogP contribution in [0.4, 0.5) is 5.82 Å². The number of imidazole rings is 1. The van der Waals surface area contributed by atoms with Crippen molar-refractivity contribution in [2.45, 2.75) is 18.9 Å². The number of hydrogen-bond acceptors (Lipinski definition) is 5. The summed E-state index contributed by atoms with van der Waals surface area (Å²) in [6, 6.07) is 17.3. The SMILES string of the molecule is c1ccc2c3c([nH]c2c1)C(c1ccc2c(c1)CCO2)N(c1cc(-n2ccnc2)ncn1)CC3. The third-order valence-electron chi connectivity index (χ3n) is 6.77. The summed E-state index contributed by atoms with van der Waals surface area (Å²) in [5, 5.41) is 1.31. The molecule has 3 aromatic heterocycles. The monoisotopic (exact) mass is 434 g/mol. The van der Waals surface area contributed by atoms with Gasteiger partial charge in [-0.15, -0.1) is 0 Å². The Bertz CT molecular complexity index is 1470. The molecule has 5 aromatic rings. The third kappa shape index (κ3) is 2.92. The number of anilines is 1. The summed E-state index contributed by atoms with van der Waals surface area (Å²) in [5.74, 6) is 2.71. The molecule has 0 bridgehead atoms. The first kappa shape index (κ1) is 18.4. The molecule has 33 heavy (non-hydrogen) atoms. The summed E-state index contributed by atoms with van der Waals surface area (Å²) < 4.78 is 7.68. The van der Waals surface area contributed by atoms with E-state index in [4.69, 9.17) is 9.72 Å². The predicted molar refractivity (Wildman–Crippen MR) is 126 cm³/mol. The first-order valence-corrected chi connectivity index (χ1v) is 11.3. The van der Waals surface area contributed by atoms with Crippen LogP contribution in [0, 0.1) is 0 Å². The van der Waals surface area contributed by atoms with Crippen LogP contribution in [0.1, 0.15) is 28.4 Å². The Hall–Kier alpha value is -4.13. The van der Waals surface area contributed by atoms with Crippen LogP contribution in [-0.2, 0) is 12.8 Å². The molecule has 0 saturated heterocycles. The van der Waals surface area contributed by atoms with Crippen molar-refractivity contribution in [1.82, 2.24) is 24.5 Å². The van der Waals surface area contributed by atoms with Crippen LogP contribution in [0.2, 0.25) is 0 Å². The lowest BCUT2D eigenvalue weighted by atomic mass is 9.91. The average Bonchev–Trinajstić information content (AvgIpc) is 3.62. The van der Waals surface area contributed by atoms with Crippen LogP contribution in [0.15, 0.2) is 73.6 Å². The Kier molecular flexibility index (Phi) is 4.02. The maximum absolute atomic E-state index is 5.78. The maximum Gasteiger partial charge on any atom is 0.143 e. The molecule has 0 spiro atoms. The van der Waals surface area contributed by atoms with Gasteiger partial charge < -0.3 is 14.6 Å². The Morgan fingerprint density at radius 2 is 1.94 bits per heavy atom. The number of hydrogen-bond donors (Lipinski definition) is 1. The molecule has 2 aliphatic rings. The molecule has 0 fully saturated rings. The Labute approximate surface area is 190 Å². The van der Waals surface area contributed by atoms with Gasteiger partial charge in [-0.25, -0.2) is 15.0 Å². The first-order valence-electron chi connectivity index (χ1n) is 11.3. The number of rotatable bonds is 3. The van der Waals surface area contributed by atoms with Crippen LogP contribution in [-0.4, -0.2) is 37.7 Å². The molecule has 2 aliphatic heterocycles. The van der Waals surface area contributed by atoms with E-state index in [1.54, 1.807) is 18.9 Å². The van der Waals surface area contributed by atoms with Gasteiger partial charge in [0.05, 0.1) is 12.6 Å². The van der Waals surface area contributed by atoms with Gasteiger partial charge in [0.25, 0.3) is 0 Å². The zero-order valence-corrected chi connectivity index (χ0v) is 18.0. The molecule has 1 atom stereocenters. The van der Waals surface area contributed by atoms with Crippen molar-refractivity contribution in [2.75, 3.05) is 18.1 Å². The molecule has 2 aromatic carbocycles. The number of para-hydroxylation sites is 1. The highest BCUT2D eigenvalue weighted by molar-refractivity contribution is 5.86. The molecular weight excluding hydrogens is 412 g/mol. The van der Waals surface area contributed by atoms with Crippen LogP contribution in [0.25, 0.3) is 16.7 Å². The zero-order chi connectivity index (χ0) is 21.8. The normalized spacial score (nSPS) is 17.1. The maximum atomic E-state index is 5.78. The molecule has 0 amide bonds. The summed E-state index contributed by atoms with van der Waals surface area (Å²) in [7, 11) is 0. The predicted octanol–water partition coefficient (Wildman–Crippen LogP) is 4.23. The quantitative estimate of drug-likeness (QED) is 0.460. The molecule has 1 N–H and O–H groups in total. The fourth-order valence-electron chi connectivity index (χ4n) is 5.24. The third-order valence-corrected chi connectivity index (χ3v) is 6.77. The lowest BCUT2D eigenvalue weighted by molar-refractivity contribution is 0.357. The number of fused-ring (bicyclic) bond motifs is 4. The fourth-order valence-corrected chi connectivity index (χ4v) is 5.24. The van der Waals surface area contributed by atoms with Gasteiger partial charge in [-0.2, -0.15) is 0 Å². The Morgan fingerprint density at radius 3 is 2.88 bits per heavy atom. The topological polar surface area (TPSA) is 71.9 Å². The van der Waals surface area contributed by atoms with Gasteiger partial charge in [0.15, 0.2) is 0 Å². The fraction of sp³-hybridized carbons (Fsp3) is 0.192. The summed E-state index contributed by atoms with van der Waals surface area (Å²) >= 11 is 0. The molecule has 0 aliphatic carbocycles. The minimum atomic E-state index is 0.0255. The molecule has 0 radical (unpaired) electrons. The summed E-state index contributed by atoms with van der Waals surface area (Å²) in [4.78, 5) is 19.4. The summed E-state index contributed by atoms with van der Waals surface area (Å²) in [5.41, 5.74) is 6.34. The van der Waals surface area contributed by atoms with Crippen molar-refractivity contribution >= 4 is 16.7 Å². The summed E-state index contributed by atoms with van der Waals surface area (Å²) in [6.07, 6.45) is 8.96. The Balaban J connectivity index is 1.40. The second kappa shape index (κ2) is 7.20. The average molecular weight is 435 g/mol. The molecular formula is C26H22N6O. The van der Waals surface area contributed by atoms with Gasteiger partial charge in [0.2, 0.25) is 0 Å². The van der Waals surface area contributed by atoms with Crippen molar-refractivity contribution in [1.29, 1.82) is 0 Å². The van der Waals surface area contributed by atoms with E-state index < -0.39 is 0 Å². The van der Waals surface area contributed by atoms with E-state index >= 15 is 0 Å². The van der Waals surface area contributed by atoms with Crippen molar-refractivity contribution in [3.05, 3.63) is 96.0 Å². The van der Waals surface area contributed by atoms with E-state index in [2.05, 4.69) is 62.3 Å². The number of nitrogens with zero attached hydrogens (tertiary/aromatic N) is 5. The van der Waals surface area contributed by atoms with E-state index in [1.807, 2.05) is 16.8 Å². The van der Waals surface area contributed by atoms with E-state index in [0.717, 1.165) is 43.4 Å². The lowest BCUT2D eigenvalue weighted by Gasteiger charge is -2.37. The molecule has 7 rings (SSSR count). The molecule has 5 heterocycles.